The molecule has 1 aliphatic carbocycles. The fourth-order valence-electron chi connectivity index (χ4n) is 2.29. The number of aromatic nitrogens is 2. The van der Waals surface area contributed by atoms with E-state index in [0.29, 0.717) is 5.69 Å². The quantitative estimate of drug-likeness (QED) is 0.579. The van der Waals surface area contributed by atoms with Crippen molar-refractivity contribution >= 4 is 12.0 Å². The van der Waals surface area contributed by atoms with Crippen LogP contribution in [0.25, 0.3) is 0 Å². The van der Waals surface area contributed by atoms with Gasteiger partial charge in [-0.2, -0.15) is 0 Å². The number of H-pyrrole nitrogens is 1. The van der Waals surface area contributed by atoms with Crippen molar-refractivity contribution in [2.75, 3.05) is 0 Å². The van der Waals surface area contributed by atoms with Crippen LogP contribution in [-0.4, -0.2) is 39.2 Å². The minimum absolute atomic E-state index is 0.110. The summed E-state index contributed by atoms with van der Waals surface area (Å²) in [6, 6.07) is -1.28. The van der Waals surface area contributed by atoms with E-state index >= 15 is 0 Å². The molecule has 1 aromatic heterocycles. The number of nitrogens with one attached hydrogen (secondary N) is 3. The van der Waals surface area contributed by atoms with Gasteiger partial charge in [-0.15, -0.1) is 0 Å². The lowest BCUT2D eigenvalue weighted by molar-refractivity contribution is -0.139. The SMILES string of the molecule is CCC(CC1CC1)NC(=O)N[C@H](Cc1cnc[nH]1)C(=O)O. The molecule has 1 aromatic rings. The molecule has 4 N–H and O–H groups in total. The maximum atomic E-state index is 11.9. The third-order valence-corrected chi connectivity index (χ3v) is 3.73. The minimum Gasteiger partial charge on any atom is -0.480 e. The van der Waals surface area contributed by atoms with Crippen molar-refractivity contribution < 1.29 is 14.7 Å². The molecule has 116 valence electrons. The van der Waals surface area contributed by atoms with Crippen molar-refractivity contribution in [2.24, 2.45) is 5.92 Å². The van der Waals surface area contributed by atoms with Crippen molar-refractivity contribution in [1.82, 2.24) is 20.6 Å². The molecule has 1 saturated carbocycles. The number of carbonyl (C=O) groups is 2. The zero-order valence-corrected chi connectivity index (χ0v) is 12.1. The summed E-state index contributed by atoms with van der Waals surface area (Å²) in [5.41, 5.74) is 0.674. The van der Waals surface area contributed by atoms with Crippen LogP contribution in [0.2, 0.25) is 0 Å². The monoisotopic (exact) mass is 294 g/mol. The standard InChI is InChI=1S/C14H22N4O3/c1-2-10(5-9-3-4-9)17-14(21)18-12(13(19)20)6-11-7-15-8-16-11/h7-10,12H,2-6H2,1H3,(H,15,16)(H,19,20)(H2,17,18,21)/t10?,12-/m1/s1. The lowest BCUT2D eigenvalue weighted by Crippen LogP contribution is -2.49. The summed E-state index contributed by atoms with van der Waals surface area (Å²) < 4.78 is 0. The second-order valence-electron chi connectivity index (χ2n) is 5.57. The summed E-state index contributed by atoms with van der Waals surface area (Å²) in [5.74, 6) is -0.342. The Morgan fingerprint density at radius 3 is 2.76 bits per heavy atom. The van der Waals surface area contributed by atoms with Crippen molar-refractivity contribution in [3.05, 3.63) is 18.2 Å². The van der Waals surface area contributed by atoms with E-state index in [1.54, 1.807) is 6.20 Å². The zero-order valence-electron chi connectivity index (χ0n) is 12.1. The average Bonchev–Trinajstić information content (AvgIpc) is 3.10. The summed E-state index contributed by atoms with van der Waals surface area (Å²) in [7, 11) is 0. The second-order valence-corrected chi connectivity index (χ2v) is 5.57. The number of carboxylic acid groups (broad SMARTS) is 1. The Balaban J connectivity index is 1.83. The highest BCUT2D eigenvalue weighted by atomic mass is 16.4. The number of amides is 2. The number of nitrogens with zero attached hydrogens (tertiary/aromatic N) is 1. The van der Waals surface area contributed by atoms with E-state index in [0.717, 1.165) is 18.8 Å². The van der Waals surface area contributed by atoms with E-state index in [9.17, 15) is 14.7 Å². The number of rotatable bonds is 8. The summed E-state index contributed by atoms with van der Waals surface area (Å²) >= 11 is 0. The molecule has 2 rings (SSSR count). The van der Waals surface area contributed by atoms with Gasteiger partial charge in [-0.25, -0.2) is 14.6 Å². The maximum absolute atomic E-state index is 11.9. The summed E-state index contributed by atoms with van der Waals surface area (Å²) in [6.07, 6.45) is 7.51. The first-order chi connectivity index (χ1) is 10.1. The predicted molar refractivity (Wildman–Crippen MR) is 76.8 cm³/mol. The third-order valence-electron chi connectivity index (χ3n) is 3.73. The molecule has 0 aromatic carbocycles. The van der Waals surface area contributed by atoms with Crippen molar-refractivity contribution in [2.45, 2.75) is 51.1 Å². The highest BCUT2D eigenvalue weighted by Gasteiger charge is 2.27. The van der Waals surface area contributed by atoms with Gasteiger partial charge < -0.3 is 20.7 Å². The molecule has 0 spiro atoms. The van der Waals surface area contributed by atoms with E-state index in [1.165, 1.54) is 19.2 Å². The van der Waals surface area contributed by atoms with Gasteiger partial charge in [0, 0.05) is 24.4 Å². The smallest absolute Gasteiger partial charge is 0.326 e. The van der Waals surface area contributed by atoms with Crippen LogP contribution in [0.15, 0.2) is 12.5 Å². The van der Waals surface area contributed by atoms with Crippen LogP contribution in [0.3, 0.4) is 0 Å². The van der Waals surface area contributed by atoms with Crippen LogP contribution in [-0.2, 0) is 11.2 Å². The van der Waals surface area contributed by atoms with Gasteiger partial charge in [0.1, 0.15) is 6.04 Å². The van der Waals surface area contributed by atoms with E-state index in [2.05, 4.69) is 20.6 Å². The Bertz CT molecular complexity index is 471. The number of carbonyl (C=O) groups excluding carboxylic acids is 1. The number of aliphatic carboxylic acids is 1. The second kappa shape index (κ2) is 7.10. The highest BCUT2D eigenvalue weighted by molar-refractivity contribution is 5.82. The molecule has 1 unspecified atom stereocenters. The van der Waals surface area contributed by atoms with E-state index in [4.69, 9.17) is 0 Å². The third kappa shape index (κ3) is 5.09. The largest absolute Gasteiger partial charge is 0.480 e. The van der Waals surface area contributed by atoms with Crippen LogP contribution < -0.4 is 10.6 Å². The van der Waals surface area contributed by atoms with Crippen LogP contribution >= 0.6 is 0 Å². The molecule has 21 heavy (non-hydrogen) atoms. The predicted octanol–water partition coefficient (Wildman–Crippen LogP) is 1.28. The Morgan fingerprint density at radius 2 is 2.24 bits per heavy atom. The van der Waals surface area contributed by atoms with Gasteiger partial charge in [0.05, 0.1) is 6.33 Å². The molecule has 1 fully saturated rings. The topological polar surface area (TPSA) is 107 Å². The van der Waals surface area contributed by atoms with Gasteiger partial charge in [-0.3, -0.25) is 0 Å². The van der Waals surface area contributed by atoms with Gasteiger partial charge in [0.2, 0.25) is 0 Å². The average molecular weight is 294 g/mol. The van der Waals surface area contributed by atoms with E-state index in [-0.39, 0.29) is 12.5 Å². The molecule has 7 heteroatoms. The molecule has 2 atom stereocenters. The maximum Gasteiger partial charge on any atom is 0.326 e. The first-order valence-electron chi connectivity index (χ1n) is 7.35. The molecule has 0 bridgehead atoms. The van der Waals surface area contributed by atoms with Crippen LogP contribution in [0, 0.1) is 5.92 Å². The molecule has 0 radical (unpaired) electrons. The van der Waals surface area contributed by atoms with E-state index in [1.807, 2.05) is 6.92 Å². The fourth-order valence-corrected chi connectivity index (χ4v) is 2.29. The lowest BCUT2D eigenvalue weighted by atomic mass is 10.1. The number of hydrogen-bond acceptors (Lipinski definition) is 3. The van der Waals surface area contributed by atoms with E-state index < -0.39 is 18.0 Å². The normalized spacial score (nSPS) is 17.0. The Labute approximate surface area is 123 Å². The number of aromatic amines is 1. The summed E-state index contributed by atoms with van der Waals surface area (Å²) in [6.45, 7) is 2.02. The van der Waals surface area contributed by atoms with Gasteiger partial charge in [-0.1, -0.05) is 19.8 Å². The molecule has 1 aliphatic rings. The molecule has 1 heterocycles. The highest BCUT2D eigenvalue weighted by Crippen LogP contribution is 2.33. The van der Waals surface area contributed by atoms with Crippen molar-refractivity contribution in [3.8, 4) is 0 Å². The van der Waals surface area contributed by atoms with Crippen LogP contribution in [0.1, 0.15) is 38.3 Å². The van der Waals surface area contributed by atoms with Crippen LogP contribution in [0.4, 0.5) is 4.79 Å². The molecule has 2 amide bonds. The molecular weight excluding hydrogens is 272 g/mol. The summed E-state index contributed by atoms with van der Waals surface area (Å²) in [5, 5.41) is 14.6. The zero-order chi connectivity index (χ0) is 15.2. The molecule has 0 saturated heterocycles. The molecule has 7 nitrogen and oxygen atoms in total. The Hall–Kier alpha value is -2.05. The molecular formula is C14H22N4O3. The van der Waals surface area contributed by atoms with Gasteiger partial charge in [0.25, 0.3) is 0 Å². The van der Waals surface area contributed by atoms with Crippen molar-refractivity contribution in [3.63, 3.8) is 0 Å². The fraction of sp³-hybridized carbons (Fsp3) is 0.643. The first kappa shape index (κ1) is 15.3. The number of imidazole rings is 1. The van der Waals surface area contributed by atoms with Gasteiger partial charge >= 0.3 is 12.0 Å². The molecule has 0 aliphatic heterocycles. The summed E-state index contributed by atoms with van der Waals surface area (Å²) in [4.78, 5) is 29.8. The number of urea groups is 1. The van der Waals surface area contributed by atoms with Crippen LogP contribution in [0.5, 0.6) is 0 Å². The Kier molecular flexibility index (Phi) is 5.19. The lowest BCUT2D eigenvalue weighted by Gasteiger charge is -2.19. The number of carboxylic acids is 1. The van der Waals surface area contributed by atoms with Gasteiger partial charge in [-0.05, 0) is 18.8 Å². The van der Waals surface area contributed by atoms with Crippen molar-refractivity contribution in [1.29, 1.82) is 0 Å². The van der Waals surface area contributed by atoms with Gasteiger partial charge in [0.15, 0.2) is 0 Å². The Morgan fingerprint density at radius 1 is 1.48 bits per heavy atom. The minimum atomic E-state index is -1.06. The first-order valence-corrected chi connectivity index (χ1v) is 7.35. The number of hydrogen-bond donors (Lipinski definition) is 4.